The number of piperidine rings is 1. The van der Waals surface area contributed by atoms with Crippen molar-refractivity contribution in [2.24, 2.45) is 0 Å². The third-order valence-corrected chi connectivity index (χ3v) is 7.47. The standard InChI is InChI=1S/C28H27NO4S.ClH.F2/c30-21-8-4-20(5-9-21)28-26(24-13-10-22(31)18-25(24)34-28)27(32)19-6-11-23(12-7-19)33-17-16-29-14-2-1-3-15-29;;1-2/h4-13,18,30-31H,1-3,14-17H2;1H;. The third kappa shape index (κ3) is 6.77. The lowest BCUT2D eigenvalue weighted by Gasteiger charge is -2.26. The average molecular weight is 548 g/mol. The number of benzene rings is 3. The molecule has 3 aromatic carbocycles. The number of ketones is 1. The maximum Gasteiger partial charge on any atom is 0.195 e. The monoisotopic (exact) mass is 547 g/mol. The molecule has 0 atom stereocenters. The summed E-state index contributed by atoms with van der Waals surface area (Å²) in [6.45, 7) is 3.85. The number of likely N-dealkylation sites (tertiary alicyclic amines) is 1. The molecule has 9 heteroatoms. The minimum atomic E-state index is -0.0834. The Morgan fingerprint density at radius 2 is 1.54 bits per heavy atom. The van der Waals surface area contributed by atoms with Gasteiger partial charge in [-0.25, -0.2) is 0 Å². The largest absolute Gasteiger partial charge is 0.508 e. The van der Waals surface area contributed by atoms with E-state index in [2.05, 4.69) is 4.90 Å². The summed E-state index contributed by atoms with van der Waals surface area (Å²) in [4.78, 5) is 16.9. The van der Waals surface area contributed by atoms with E-state index >= 15 is 0 Å². The molecule has 37 heavy (non-hydrogen) atoms. The van der Waals surface area contributed by atoms with Crippen molar-refractivity contribution in [2.75, 3.05) is 26.2 Å². The van der Waals surface area contributed by atoms with Crippen LogP contribution in [0.2, 0.25) is 0 Å². The average Bonchev–Trinajstić information content (AvgIpc) is 3.29. The molecule has 0 spiro atoms. The number of rotatable bonds is 7. The number of phenols is 2. The number of carbonyl (C=O) groups is 1. The predicted molar refractivity (Wildman–Crippen MR) is 146 cm³/mol. The Hall–Kier alpha value is -3.20. The SMILES string of the molecule is Cl.FF.O=C(c1ccc(OCCN2CCCCC2)cc1)c1c(-c2ccc(O)cc2)sc2cc(O)ccc12. The molecule has 0 radical (unpaired) electrons. The Balaban J connectivity index is 0.00000124. The highest BCUT2D eigenvalue weighted by Crippen LogP contribution is 2.41. The van der Waals surface area contributed by atoms with Crippen molar-refractivity contribution >= 4 is 39.6 Å². The molecule has 5 nitrogen and oxygen atoms in total. The Kier molecular flexibility index (Phi) is 10.3. The summed E-state index contributed by atoms with van der Waals surface area (Å²) in [6, 6.07) is 19.2. The number of hydrogen-bond acceptors (Lipinski definition) is 6. The summed E-state index contributed by atoms with van der Waals surface area (Å²) in [5, 5.41) is 20.4. The summed E-state index contributed by atoms with van der Waals surface area (Å²) in [5.41, 5.74) is 2.03. The Labute approximate surface area is 224 Å². The molecule has 0 saturated carbocycles. The molecule has 1 aromatic heterocycles. The number of phenolic OH excluding ortho intramolecular Hbond substituents is 2. The van der Waals surface area contributed by atoms with Crippen LogP contribution >= 0.6 is 23.7 Å². The van der Waals surface area contributed by atoms with Gasteiger partial charge in [-0.05, 0) is 98.2 Å². The van der Waals surface area contributed by atoms with E-state index in [-0.39, 0.29) is 29.7 Å². The van der Waals surface area contributed by atoms with Crippen molar-refractivity contribution in [1.82, 2.24) is 4.90 Å². The molecular formula is C28H28ClF2NO4S. The number of fused-ring (bicyclic) bond motifs is 1. The smallest absolute Gasteiger partial charge is 0.195 e. The third-order valence-electron chi connectivity index (χ3n) is 6.27. The molecule has 1 saturated heterocycles. The van der Waals surface area contributed by atoms with Crippen LogP contribution in [0.3, 0.4) is 0 Å². The van der Waals surface area contributed by atoms with E-state index < -0.39 is 0 Å². The normalized spacial score (nSPS) is 13.4. The van der Waals surface area contributed by atoms with Gasteiger partial charge >= 0.3 is 0 Å². The molecule has 1 aliphatic rings. The van der Waals surface area contributed by atoms with Crippen LogP contribution in [0.15, 0.2) is 66.7 Å². The maximum atomic E-state index is 13.6. The first-order chi connectivity index (χ1) is 17.6. The summed E-state index contributed by atoms with van der Waals surface area (Å²) in [7, 11) is 0. The van der Waals surface area contributed by atoms with Crippen LogP contribution in [0.4, 0.5) is 9.15 Å². The number of ether oxygens (including phenoxy) is 1. The predicted octanol–water partition coefficient (Wildman–Crippen LogP) is 7.34. The number of carbonyl (C=O) groups excluding carboxylic acids is 1. The van der Waals surface area contributed by atoms with Crippen molar-refractivity contribution < 1.29 is 28.9 Å². The van der Waals surface area contributed by atoms with Gasteiger partial charge in [-0.1, -0.05) is 6.42 Å². The van der Waals surface area contributed by atoms with E-state index in [9.17, 15) is 15.0 Å². The molecule has 5 rings (SSSR count). The van der Waals surface area contributed by atoms with E-state index in [4.69, 9.17) is 13.9 Å². The van der Waals surface area contributed by atoms with Crippen LogP contribution in [0.25, 0.3) is 20.5 Å². The molecule has 0 bridgehead atoms. The fourth-order valence-corrected chi connectivity index (χ4v) is 5.69. The van der Waals surface area contributed by atoms with Gasteiger partial charge in [0.15, 0.2) is 5.78 Å². The van der Waals surface area contributed by atoms with E-state index in [1.807, 2.05) is 24.3 Å². The molecule has 0 amide bonds. The molecule has 1 fully saturated rings. The molecule has 2 N–H and O–H groups in total. The van der Waals surface area contributed by atoms with Crippen molar-refractivity contribution in [2.45, 2.75) is 19.3 Å². The van der Waals surface area contributed by atoms with Crippen LogP contribution in [-0.2, 0) is 0 Å². The minimum Gasteiger partial charge on any atom is -0.508 e. The highest BCUT2D eigenvalue weighted by molar-refractivity contribution is 7.22. The zero-order valence-corrected chi connectivity index (χ0v) is 21.7. The van der Waals surface area contributed by atoms with Crippen molar-refractivity contribution in [1.29, 1.82) is 0 Å². The molecule has 2 heterocycles. The topological polar surface area (TPSA) is 70.0 Å². The fourth-order valence-electron chi connectivity index (χ4n) is 4.45. The number of aromatic hydroxyl groups is 2. The van der Waals surface area contributed by atoms with Crippen molar-refractivity contribution in [3.63, 3.8) is 0 Å². The first-order valence-corrected chi connectivity index (χ1v) is 12.6. The van der Waals surface area contributed by atoms with Gasteiger partial charge in [0, 0.05) is 41.8 Å². The zero-order chi connectivity index (χ0) is 25.5. The van der Waals surface area contributed by atoms with Gasteiger partial charge in [-0.15, -0.1) is 23.7 Å². The zero-order valence-electron chi connectivity index (χ0n) is 20.0. The van der Waals surface area contributed by atoms with Gasteiger partial charge in [-0.2, -0.15) is 0 Å². The first kappa shape index (κ1) is 28.4. The van der Waals surface area contributed by atoms with Gasteiger partial charge < -0.3 is 14.9 Å². The minimum absolute atomic E-state index is 0. The summed E-state index contributed by atoms with van der Waals surface area (Å²) in [5.74, 6) is 1.01. The Bertz CT molecular complexity index is 1310. The quantitative estimate of drug-likeness (QED) is 0.237. The van der Waals surface area contributed by atoms with Gasteiger partial charge in [-0.3, -0.25) is 9.69 Å². The van der Waals surface area contributed by atoms with Crippen LogP contribution < -0.4 is 4.74 Å². The Morgan fingerprint density at radius 1 is 0.892 bits per heavy atom. The van der Waals surface area contributed by atoms with Crippen LogP contribution in [0, 0.1) is 0 Å². The number of halogens is 3. The van der Waals surface area contributed by atoms with Gasteiger partial charge in [0.2, 0.25) is 0 Å². The van der Waals surface area contributed by atoms with Crippen LogP contribution in [0.5, 0.6) is 17.2 Å². The molecule has 1 aliphatic heterocycles. The molecule has 196 valence electrons. The number of hydrogen-bond donors (Lipinski definition) is 2. The first-order valence-electron chi connectivity index (χ1n) is 11.8. The van der Waals surface area contributed by atoms with E-state index in [0.29, 0.717) is 17.7 Å². The van der Waals surface area contributed by atoms with E-state index in [0.717, 1.165) is 45.9 Å². The van der Waals surface area contributed by atoms with Crippen molar-refractivity contribution in [3.8, 4) is 27.7 Å². The lowest BCUT2D eigenvalue weighted by atomic mass is 9.97. The highest BCUT2D eigenvalue weighted by atomic mass is 35.5. The van der Waals surface area contributed by atoms with E-state index in [1.54, 1.807) is 42.5 Å². The lowest BCUT2D eigenvalue weighted by Crippen LogP contribution is -2.33. The second kappa shape index (κ2) is 13.4. The number of nitrogens with zero attached hydrogens (tertiary/aromatic N) is 1. The van der Waals surface area contributed by atoms with Gasteiger partial charge in [0.25, 0.3) is 0 Å². The lowest BCUT2D eigenvalue weighted by molar-refractivity contribution is 0.104. The van der Waals surface area contributed by atoms with E-state index in [1.165, 1.54) is 30.6 Å². The molecular weight excluding hydrogens is 520 g/mol. The van der Waals surface area contributed by atoms with Crippen molar-refractivity contribution in [3.05, 3.63) is 77.9 Å². The van der Waals surface area contributed by atoms with Gasteiger partial charge in [0.1, 0.15) is 23.9 Å². The van der Waals surface area contributed by atoms with Crippen LogP contribution in [-0.4, -0.2) is 47.1 Å². The van der Waals surface area contributed by atoms with Crippen LogP contribution in [0.1, 0.15) is 35.2 Å². The fraction of sp³-hybridized carbons (Fsp3) is 0.250. The number of thiophene rings is 1. The maximum absolute atomic E-state index is 13.6. The second-order valence-corrected chi connectivity index (χ2v) is 9.69. The Morgan fingerprint density at radius 3 is 2.22 bits per heavy atom. The highest BCUT2D eigenvalue weighted by Gasteiger charge is 2.22. The summed E-state index contributed by atoms with van der Waals surface area (Å²) < 4.78 is 22.8. The molecule has 0 aliphatic carbocycles. The summed E-state index contributed by atoms with van der Waals surface area (Å²) >= 11 is 1.46. The second-order valence-electron chi connectivity index (χ2n) is 8.64. The van der Waals surface area contributed by atoms with Gasteiger partial charge in [0.05, 0.1) is 0 Å². The molecule has 0 unspecified atom stereocenters. The molecule has 4 aromatic rings. The summed E-state index contributed by atoms with van der Waals surface area (Å²) in [6.07, 6.45) is 3.85.